The molecular formula is C10H11Cl2NO4S. The number of methoxy groups -OCH3 is 1. The summed E-state index contributed by atoms with van der Waals surface area (Å²) in [6.07, 6.45) is -0.0446. The van der Waals surface area contributed by atoms with E-state index in [1.54, 1.807) is 0 Å². The fourth-order valence-electron chi connectivity index (χ4n) is 1.12. The van der Waals surface area contributed by atoms with Crippen LogP contribution in [0.25, 0.3) is 0 Å². The van der Waals surface area contributed by atoms with E-state index < -0.39 is 16.0 Å². The zero-order valence-electron chi connectivity index (χ0n) is 9.44. The molecule has 1 aromatic rings. The van der Waals surface area contributed by atoms with Gasteiger partial charge in [-0.15, -0.1) is 0 Å². The lowest BCUT2D eigenvalue weighted by atomic mass is 10.4. The number of carbonyl (C=O) groups excluding carboxylic acids is 1. The number of ether oxygens (including phenoxy) is 1. The monoisotopic (exact) mass is 311 g/mol. The number of sulfonamides is 1. The average molecular weight is 312 g/mol. The second kappa shape index (κ2) is 6.38. The first-order chi connectivity index (χ1) is 8.36. The number of halogens is 2. The molecule has 8 heteroatoms. The molecule has 0 fully saturated rings. The van der Waals surface area contributed by atoms with Gasteiger partial charge < -0.3 is 4.74 Å². The zero-order chi connectivity index (χ0) is 13.8. The van der Waals surface area contributed by atoms with Gasteiger partial charge in [0.05, 0.1) is 28.5 Å². The summed E-state index contributed by atoms with van der Waals surface area (Å²) in [6.45, 7) is -0.0464. The van der Waals surface area contributed by atoms with E-state index in [1.165, 1.54) is 25.3 Å². The molecular weight excluding hydrogens is 301 g/mol. The predicted molar refractivity (Wildman–Crippen MR) is 68.3 cm³/mol. The van der Waals surface area contributed by atoms with Crippen LogP contribution in [-0.2, 0) is 19.6 Å². The molecule has 0 saturated carbocycles. The number of rotatable bonds is 5. The summed E-state index contributed by atoms with van der Waals surface area (Å²) < 4.78 is 30.3. The number of carbonyl (C=O) groups is 1. The summed E-state index contributed by atoms with van der Waals surface area (Å²) in [4.78, 5) is 10.8. The highest BCUT2D eigenvalue weighted by atomic mass is 35.5. The maximum absolute atomic E-state index is 11.8. The molecule has 0 heterocycles. The topological polar surface area (TPSA) is 72.5 Å². The Morgan fingerprint density at radius 3 is 2.56 bits per heavy atom. The van der Waals surface area contributed by atoms with Crippen molar-refractivity contribution in [3.8, 4) is 0 Å². The van der Waals surface area contributed by atoms with Crippen molar-refractivity contribution in [2.45, 2.75) is 11.3 Å². The smallest absolute Gasteiger partial charge is 0.306 e. The van der Waals surface area contributed by atoms with Crippen LogP contribution in [0.3, 0.4) is 0 Å². The number of esters is 1. The SMILES string of the molecule is COC(=O)CCNS(=O)(=O)c1ccc(Cl)c(Cl)c1. The maximum atomic E-state index is 11.8. The lowest BCUT2D eigenvalue weighted by Gasteiger charge is -2.07. The van der Waals surface area contributed by atoms with E-state index in [9.17, 15) is 13.2 Å². The van der Waals surface area contributed by atoms with Gasteiger partial charge in [0, 0.05) is 6.54 Å². The van der Waals surface area contributed by atoms with Crippen LogP contribution in [0.15, 0.2) is 23.1 Å². The van der Waals surface area contributed by atoms with Crippen molar-refractivity contribution in [2.24, 2.45) is 0 Å². The fourth-order valence-corrected chi connectivity index (χ4v) is 2.54. The van der Waals surface area contributed by atoms with Crippen molar-refractivity contribution in [3.05, 3.63) is 28.2 Å². The number of benzene rings is 1. The summed E-state index contributed by atoms with van der Waals surface area (Å²) in [5.41, 5.74) is 0. The Kier molecular flexibility index (Phi) is 5.40. The average Bonchev–Trinajstić information content (AvgIpc) is 2.32. The van der Waals surface area contributed by atoms with Gasteiger partial charge in [0.2, 0.25) is 10.0 Å². The van der Waals surface area contributed by atoms with Crippen LogP contribution in [0, 0.1) is 0 Å². The van der Waals surface area contributed by atoms with E-state index in [4.69, 9.17) is 23.2 Å². The third-order valence-corrected chi connectivity index (χ3v) is 4.25. The van der Waals surface area contributed by atoms with Crippen molar-refractivity contribution in [1.82, 2.24) is 4.72 Å². The highest BCUT2D eigenvalue weighted by Crippen LogP contribution is 2.24. The molecule has 0 aliphatic heterocycles. The molecule has 0 bridgehead atoms. The Balaban J connectivity index is 2.74. The Bertz CT molecular complexity index is 545. The number of hydrogen-bond acceptors (Lipinski definition) is 4. The van der Waals surface area contributed by atoms with Crippen LogP contribution in [0.1, 0.15) is 6.42 Å². The van der Waals surface area contributed by atoms with Gasteiger partial charge >= 0.3 is 5.97 Å². The number of nitrogens with one attached hydrogen (secondary N) is 1. The summed E-state index contributed by atoms with van der Waals surface area (Å²) >= 11 is 11.4. The molecule has 0 spiro atoms. The largest absolute Gasteiger partial charge is 0.469 e. The predicted octanol–water partition coefficient (Wildman–Crippen LogP) is 1.83. The molecule has 5 nitrogen and oxygen atoms in total. The van der Waals surface area contributed by atoms with Crippen molar-refractivity contribution in [2.75, 3.05) is 13.7 Å². The third kappa shape index (κ3) is 4.13. The Labute approximate surface area is 115 Å². The van der Waals surface area contributed by atoms with Crippen molar-refractivity contribution < 1.29 is 17.9 Å². The Morgan fingerprint density at radius 1 is 1.33 bits per heavy atom. The maximum Gasteiger partial charge on any atom is 0.306 e. The summed E-state index contributed by atoms with van der Waals surface area (Å²) in [7, 11) is -2.47. The first-order valence-corrected chi connectivity index (χ1v) is 7.12. The summed E-state index contributed by atoms with van der Waals surface area (Å²) in [5.74, 6) is -0.494. The van der Waals surface area contributed by atoms with E-state index >= 15 is 0 Å². The van der Waals surface area contributed by atoms with E-state index in [1.807, 2.05) is 0 Å². The second-order valence-corrected chi connectivity index (χ2v) is 5.88. The molecule has 0 unspecified atom stereocenters. The molecule has 1 aromatic carbocycles. The van der Waals surface area contributed by atoms with Gasteiger partial charge in [-0.2, -0.15) is 0 Å². The van der Waals surface area contributed by atoms with Gasteiger partial charge in [-0.3, -0.25) is 4.79 Å². The van der Waals surface area contributed by atoms with E-state index in [0.29, 0.717) is 0 Å². The molecule has 0 aromatic heterocycles. The Morgan fingerprint density at radius 2 is 2.00 bits per heavy atom. The number of hydrogen-bond donors (Lipinski definition) is 1. The highest BCUT2D eigenvalue weighted by Gasteiger charge is 2.15. The minimum atomic E-state index is -3.70. The van der Waals surface area contributed by atoms with Crippen molar-refractivity contribution in [1.29, 1.82) is 0 Å². The lowest BCUT2D eigenvalue weighted by Crippen LogP contribution is -2.26. The summed E-state index contributed by atoms with van der Waals surface area (Å²) in [5, 5.41) is 0.415. The van der Waals surface area contributed by atoms with Crippen LogP contribution in [-0.4, -0.2) is 28.0 Å². The molecule has 0 amide bonds. The first kappa shape index (κ1) is 15.2. The van der Waals surface area contributed by atoms with Crippen molar-refractivity contribution >= 4 is 39.2 Å². The lowest BCUT2D eigenvalue weighted by molar-refractivity contribution is -0.140. The molecule has 1 rings (SSSR count). The molecule has 0 radical (unpaired) electrons. The minimum absolute atomic E-state index is 0.0123. The van der Waals surface area contributed by atoms with Gasteiger partial charge in [0.25, 0.3) is 0 Å². The van der Waals surface area contributed by atoms with Crippen LogP contribution >= 0.6 is 23.2 Å². The second-order valence-electron chi connectivity index (χ2n) is 3.30. The minimum Gasteiger partial charge on any atom is -0.469 e. The van der Waals surface area contributed by atoms with Gasteiger partial charge in [0.1, 0.15) is 0 Å². The van der Waals surface area contributed by atoms with Gasteiger partial charge in [0.15, 0.2) is 0 Å². The highest BCUT2D eigenvalue weighted by molar-refractivity contribution is 7.89. The normalized spacial score (nSPS) is 11.3. The fraction of sp³-hybridized carbons (Fsp3) is 0.300. The van der Waals surface area contributed by atoms with E-state index in [2.05, 4.69) is 9.46 Å². The molecule has 0 aliphatic carbocycles. The van der Waals surface area contributed by atoms with Gasteiger partial charge in [-0.25, -0.2) is 13.1 Å². The first-order valence-electron chi connectivity index (χ1n) is 4.88. The molecule has 0 saturated heterocycles. The van der Waals surface area contributed by atoms with E-state index in [0.717, 1.165) is 0 Å². The standard InChI is InChI=1S/C10H11Cl2NO4S/c1-17-10(14)4-5-13-18(15,16)7-2-3-8(11)9(12)6-7/h2-3,6,13H,4-5H2,1H3. The third-order valence-electron chi connectivity index (χ3n) is 2.05. The molecule has 1 N–H and O–H groups in total. The molecule has 0 atom stereocenters. The summed E-state index contributed by atoms with van der Waals surface area (Å²) in [6, 6.07) is 3.96. The van der Waals surface area contributed by atoms with Crippen LogP contribution < -0.4 is 4.72 Å². The van der Waals surface area contributed by atoms with Gasteiger partial charge in [-0.05, 0) is 18.2 Å². The van der Waals surface area contributed by atoms with Gasteiger partial charge in [-0.1, -0.05) is 23.2 Å². The van der Waals surface area contributed by atoms with Crippen LogP contribution in [0.2, 0.25) is 10.0 Å². The van der Waals surface area contributed by atoms with Crippen LogP contribution in [0.5, 0.6) is 0 Å². The van der Waals surface area contributed by atoms with Crippen molar-refractivity contribution in [3.63, 3.8) is 0 Å². The molecule has 100 valence electrons. The van der Waals surface area contributed by atoms with E-state index in [-0.39, 0.29) is 27.9 Å². The zero-order valence-corrected chi connectivity index (χ0v) is 11.8. The Hall–Kier alpha value is -0.820. The van der Waals surface area contributed by atoms with Crippen LogP contribution in [0.4, 0.5) is 0 Å². The molecule has 18 heavy (non-hydrogen) atoms. The quantitative estimate of drug-likeness (QED) is 0.842. The molecule has 0 aliphatic rings.